The Morgan fingerprint density at radius 1 is 1.53 bits per heavy atom. The van der Waals surface area contributed by atoms with Crippen LogP contribution in [0.15, 0.2) is 18.3 Å². The molecule has 2 atom stereocenters. The smallest absolute Gasteiger partial charge is 0.338 e. The van der Waals surface area contributed by atoms with Gasteiger partial charge in [0.2, 0.25) is 0 Å². The van der Waals surface area contributed by atoms with Crippen molar-refractivity contribution in [2.24, 2.45) is 0 Å². The summed E-state index contributed by atoms with van der Waals surface area (Å²) in [5.74, 6) is -0.591. The largest absolute Gasteiger partial charge is 0.465 e. The molecule has 0 fully saturated rings. The molecule has 7 nitrogen and oxygen atoms in total. The Morgan fingerprint density at radius 2 is 2.26 bits per heavy atom. The van der Waals surface area contributed by atoms with Crippen LogP contribution in [0.25, 0.3) is 10.9 Å². The van der Waals surface area contributed by atoms with Gasteiger partial charge in [-0.15, -0.1) is 0 Å². The molecule has 1 heterocycles. The minimum atomic E-state index is -1.58. The van der Waals surface area contributed by atoms with Crippen LogP contribution < -0.4 is 0 Å². The average molecular weight is 261 g/mol. The second-order valence-electron chi connectivity index (χ2n) is 3.91. The molecule has 7 heteroatoms. The van der Waals surface area contributed by atoms with E-state index in [-0.39, 0.29) is 11.1 Å². The number of nitriles is 1. The molecule has 0 radical (unpaired) electrons. The first kappa shape index (κ1) is 13.0. The van der Waals surface area contributed by atoms with Crippen molar-refractivity contribution in [2.75, 3.05) is 7.11 Å². The van der Waals surface area contributed by atoms with Gasteiger partial charge in [0.05, 0.1) is 30.5 Å². The third-order valence-corrected chi connectivity index (χ3v) is 2.76. The van der Waals surface area contributed by atoms with Crippen LogP contribution in [0.4, 0.5) is 0 Å². The number of aromatic amines is 1. The molecule has 0 saturated carbocycles. The van der Waals surface area contributed by atoms with Gasteiger partial charge in [0.25, 0.3) is 0 Å². The quantitative estimate of drug-likeness (QED) is 0.539. The van der Waals surface area contributed by atoms with Crippen molar-refractivity contribution < 1.29 is 19.7 Å². The van der Waals surface area contributed by atoms with E-state index in [9.17, 15) is 15.0 Å². The van der Waals surface area contributed by atoms with Gasteiger partial charge in [0, 0.05) is 5.39 Å². The molecule has 0 aliphatic carbocycles. The molecule has 0 bridgehead atoms. The van der Waals surface area contributed by atoms with Crippen molar-refractivity contribution in [3.8, 4) is 6.07 Å². The van der Waals surface area contributed by atoms with Gasteiger partial charge in [-0.1, -0.05) is 0 Å². The number of nitrogens with one attached hydrogen (secondary N) is 1. The van der Waals surface area contributed by atoms with Crippen molar-refractivity contribution in [3.05, 3.63) is 29.5 Å². The highest BCUT2D eigenvalue weighted by atomic mass is 16.5. The van der Waals surface area contributed by atoms with Crippen LogP contribution in [0.2, 0.25) is 0 Å². The number of nitrogens with zero attached hydrogens (tertiary/aromatic N) is 2. The molecule has 2 rings (SSSR count). The third kappa shape index (κ3) is 2.27. The molecule has 0 saturated heterocycles. The molecule has 2 unspecified atom stereocenters. The number of aliphatic hydroxyl groups is 2. The molecule has 0 aliphatic rings. The number of hydrogen-bond acceptors (Lipinski definition) is 6. The summed E-state index contributed by atoms with van der Waals surface area (Å²) in [7, 11) is 1.24. The minimum Gasteiger partial charge on any atom is -0.465 e. The highest BCUT2D eigenvalue weighted by Gasteiger charge is 2.21. The molecule has 3 N–H and O–H groups in total. The van der Waals surface area contributed by atoms with Crippen LogP contribution in [0.1, 0.15) is 22.0 Å². The number of methoxy groups -OCH3 is 1. The lowest BCUT2D eigenvalue weighted by Gasteiger charge is -2.13. The van der Waals surface area contributed by atoms with Crippen LogP contribution >= 0.6 is 0 Å². The van der Waals surface area contributed by atoms with Crippen molar-refractivity contribution in [3.63, 3.8) is 0 Å². The van der Waals surface area contributed by atoms with E-state index in [1.54, 1.807) is 0 Å². The molecular formula is C12H11N3O4. The molecule has 0 amide bonds. The highest BCUT2D eigenvalue weighted by molar-refractivity contribution is 6.03. The van der Waals surface area contributed by atoms with E-state index in [0.717, 1.165) is 0 Å². The van der Waals surface area contributed by atoms with Crippen LogP contribution in [0.5, 0.6) is 0 Å². The van der Waals surface area contributed by atoms with E-state index >= 15 is 0 Å². The Balaban J connectivity index is 2.58. The summed E-state index contributed by atoms with van der Waals surface area (Å²) in [5.41, 5.74) is 0.932. The van der Waals surface area contributed by atoms with Gasteiger partial charge in [-0.3, -0.25) is 5.10 Å². The van der Waals surface area contributed by atoms with Gasteiger partial charge in [-0.2, -0.15) is 10.4 Å². The van der Waals surface area contributed by atoms with E-state index < -0.39 is 18.2 Å². The van der Waals surface area contributed by atoms with Crippen molar-refractivity contribution >= 4 is 16.9 Å². The van der Waals surface area contributed by atoms with Crippen molar-refractivity contribution in [2.45, 2.75) is 12.2 Å². The summed E-state index contributed by atoms with van der Waals surface area (Å²) in [6.45, 7) is 0. The van der Waals surface area contributed by atoms with E-state index in [0.29, 0.717) is 10.9 Å². The lowest BCUT2D eigenvalue weighted by Crippen LogP contribution is -2.16. The van der Waals surface area contributed by atoms with Crippen LogP contribution in [0, 0.1) is 11.3 Å². The molecule has 0 spiro atoms. The maximum absolute atomic E-state index is 11.7. The number of hydrogen-bond donors (Lipinski definition) is 3. The first-order valence-corrected chi connectivity index (χ1v) is 5.39. The number of H-pyrrole nitrogens is 1. The van der Waals surface area contributed by atoms with E-state index in [2.05, 4.69) is 14.9 Å². The third-order valence-electron chi connectivity index (χ3n) is 2.76. The Hall–Kier alpha value is -2.43. The van der Waals surface area contributed by atoms with Gasteiger partial charge >= 0.3 is 5.97 Å². The normalized spacial score (nSPS) is 13.8. The Labute approximate surface area is 108 Å². The van der Waals surface area contributed by atoms with Crippen LogP contribution in [-0.4, -0.2) is 39.6 Å². The summed E-state index contributed by atoms with van der Waals surface area (Å²) < 4.78 is 4.65. The lowest BCUT2D eigenvalue weighted by atomic mass is 10.00. The number of benzene rings is 1. The number of carbonyl (C=O) groups is 1. The van der Waals surface area contributed by atoms with Gasteiger partial charge in [-0.05, 0) is 17.7 Å². The second kappa shape index (κ2) is 5.06. The number of ether oxygens (including phenoxy) is 1. The maximum Gasteiger partial charge on any atom is 0.338 e. The van der Waals surface area contributed by atoms with E-state index in [4.69, 9.17) is 5.26 Å². The average Bonchev–Trinajstić information content (AvgIpc) is 2.91. The summed E-state index contributed by atoms with van der Waals surface area (Å²) >= 11 is 0. The first-order valence-electron chi connectivity index (χ1n) is 5.39. The molecule has 2 aromatic rings. The topological polar surface area (TPSA) is 119 Å². The Morgan fingerprint density at radius 3 is 2.89 bits per heavy atom. The minimum absolute atomic E-state index is 0.202. The number of fused-ring (bicyclic) bond motifs is 1. The monoisotopic (exact) mass is 261 g/mol. The molecule has 1 aromatic heterocycles. The highest BCUT2D eigenvalue weighted by Crippen LogP contribution is 2.25. The standard InChI is InChI=1S/C12H11N3O4/c1-19-12(18)7-2-6(11(17)10(16)4-13)3-9-8(7)5-14-15-9/h2-3,5,10-11,16-17H,1H3,(H,14,15). The fourth-order valence-corrected chi connectivity index (χ4v) is 1.78. The molecule has 1 aromatic carbocycles. The first-order chi connectivity index (χ1) is 9.08. The number of esters is 1. The summed E-state index contributed by atoms with van der Waals surface area (Å²) in [6, 6.07) is 4.42. The van der Waals surface area contributed by atoms with Crippen molar-refractivity contribution in [1.82, 2.24) is 10.2 Å². The predicted octanol–water partition coefficient (Wildman–Crippen LogP) is 0.267. The van der Waals surface area contributed by atoms with Crippen LogP contribution in [0.3, 0.4) is 0 Å². The fraction of sp³-hybridized carbons (Fsp3) is 0.250. The van der Waals surface area contributed by atoms with Gasteiger partial charge < -0.3 is 14.9 Å². The maximum atomic E-state index is 11.7. The zero-order chi connectivity index (χ0) is 14.0. The molecule has 98 valence electrons. The van der Waals surface area contributed by atoms with E-state index in [1.807, 2.05) is 0 Å². The van der Waals surface area contributed by atoms with Gasteiger partial charge in [-0.25, -0.2) is 4.79 Å². The molecular weight excluding hydrogens is 250 g/mol. The predicted molar refractivity (Wildman–Crippen MR) is 64.0 cm³/mol. The Bertz CT molecular complexity index is 659. The van der Waals surface area contributed by atoms with Gasteiger partial charge in [0.1, 0.15) is 6.10 Å². The molecule has 19 heavy (non-hydrogen) atoms. The number of carbonyl (C=O) groups excluding carboxylic acids is 1. The summed E-state index contributed by atoms with van der Waals surface area (Å²) in [4.78, 5) is 11.7. The zero-order valence-corrected chi connectivity index (χ0v) is 9.99. The second-order valence-corrected chi connectivity index (χ2v) is 3.91. The summed E-state index contributed by atoms with van der Waals surface area (Å²) in [5, 5.41) is 34.7. The lowest BCUT2D eigenvalue weighted by molar-refractivity contribution is 0.0523. The number of aliphatic hydroxyl groups excluding tert-OH is 2. The van der Waals surface area contributed by atoms with Gasteiger partial charge in [0.15, 0.2) is 6.10 Å². The van der Waals surface area contributed by atoms with Crippen molar-refractivity contribution in [1.29, 1.82) is 5.26 Å². The zero-order valence-electron chi connectivity index (χ0n) is 9.99. The van der Waals surface area contributed by atoms with Crippen LogP contribution in [-0.2, 0) is 4.74 Å². The van der Waals surface area contributed by atoms with E-state index in [1.165, 1.54) is 31.5 Å². The summed E-state index contributed by atoms with van der Waals surface area (Å²) in [6.07, 6.45) is -1.54. The number of rotatable bonds is 3. The molecule has 0 aliphatic heterocycles. The number of aromatic nitrogens is 2. The SMILES string of the molecule is COC(=O)c1cc(C(O)C(O)C#N)cc2[nH]ncc12. The Kier molecular flexibility index (Phi) is 3.46. The fourth-order valence-electron chi connectivity index (χ4n) is 1.78.